The van der Waals surface area contributed by atoms with Gasteiger partial charge in [-0.1, -0.05) is 11.2 Å². The lowest BCUT2D eigenvalue weighted by atomic mass is 10.1. The maximum absolute atomic E-state index is 13.1. The highest BCUT2D eigenvalue weighted by atomic mass is 16.5. The Balaban J connectivity index is 1.53. The highest BCUT2D eigenvalue weighted by Gasteiger charge is 2.19. The van der Waals surface area contributed by atoms with Crippen LogP contribution in [0.5, 0.6) is 28.9 Å². The lowest BCUT2D eigenvalue weighted by molar-refractivity contribution is 0.102. The molecule has 11 heteroatoms. The molecule has 0 fully saturated rings. The molecule has 0 saturated carbocycles. The topological polar surface area (TPSA) is 131 Å². The van der Waals surface area contributed by atoms with Crippen LogP contribution in [-0.4, -0.2) is 45.8 Å². The van der Waals surface area contributed by atoms with Gasteiger partial charge in [0.15, 0.2) is 11.5 Å². The van der Waals surface area contributed by atoms with Crippen molar-refractivity contribution in [3.63, 3.8) is 0 Å². The Morgan fingerprint density at radius 3 is 2.33 bits per heavy atom. The molecule has 2 heterocycles. The van der Waals surface area contributed by atoms with Crippen LogP contribution >= 0.6 is 0 Å². The van der Waals surface area contributed by atoms with E-state index in [0.717, 1.165) is 0 Å². The molecular formula is C25H25N5O6. The molecule has 0 unspecified atom stereocenters. The van der Waals surface area contributed by atoms with Gasteiger partial charge in [-0.3, -0.25) is 4.79 Å². The zero-order valence-electron chi connectivity index (χ0n) is 20.1. The van der Waals surface area contributed by atoms with Gasteiger partial charge in [0.05, 0.1) is 19.8 Å². The number of hydrogen-bond acceptors (Lipinski definition) is 10. The standard InChI is InChI=1S/C25H25N5O6/c1-4-32-19-12-16(13-20(33-5-2)22(19)34-6-3)25(31)28-17-8-7-9-18(14-17)36-21-10-11-26-23(29-21)24-27-15-35-30-24/h7-15H,4-6H2,1-3H3,(H,28,31). The second kappa shape index (κ2) is 11.6. The minimum absolute atomic E-state index is 0.245. The Kier molecular flexibility index (Phi) is 7.91. The van der Waals surface area contributed by atoms with Crippen molar-refractivity contribution in [3.8, 4) is 40.5 Å². The van der Waals surface area contributed by atoms with E-state index in [1.807, 2.05) is 20.8 Å². The van der Waals surface area contributed by atoms with E-state index in [-0.39, 0.29) is 23.4 Å². The summed E-state index contributed by atoms with van der Waals surface area (Å²) in [6, 6.07) is 11.8. The van der Waals surface area contributed by atoms with Crippen LogP contribution in [0, 0.1) is 0 Å². The molecule has 0 aliphatic heterocycles. The first-order valence-corrected chi connectivity index (χ1v) is 11.4. The van der Waals surface area contributed by atoms with E-state index in [9.17, 15) is 4.79 Å². The zero-order chi connectivity index (χ0) is 25.3. The fourth-order valence-corrected chi connectivity index (χ4v) is 3.26. The fourth-order valence-electron chi connectivity index (χ4n) is 3.26. The number of amides is 1. The van der Waals surface area contributed by atoms with Crippen LogP contribution in [0.3, 0.4) is 0 Å². The molecule has 2 aromatic carbocycles. The van der Waals surface area contributed by atoms with Gasteiger partial charge in [-0.05, 0) is 45.0 Å². The number of benzene rings is 2. The van der Waals surface area contributed by atoms with Gasteiger partial charge >= 0.3 is 0 Å². The van der Waals surface area contributed by atoms with E-state index in [1.54, 1.807) is 42.5 Å². The van der Waals surface area contributed by atoms with Crippen LogP contribution in [0.15, 0.2) is 59.6 Å². The van der Waals surface area contributed by atoms with Crippen molar-refractivity contribution in [1.82, 2.24) is 20.1 Å². The number of aromatic nitrogens is 4. The summed E-state index contributed by atoms with van der Waals surface area (Å²) in [7, 11) is 0. The third-order valence-corrected chi connectivity index (χ3v) is 4.68. The van der Waals surface area contributed by atoms with E-state index in [0.29, 0.717) is 54.1 Å². The van der Waals surface area contributed by atoms with Crippen LogP contribution in [0.1, 0.15) is 31.1 Å². The molecule has 0 aliphatic rings. The van der Waals surface area contributed by atoms with E-state index >= 15 is 0 Å². The van der Waals surface area contributed by atoms with Gasteiger partial charge in [0.1, 0.15) is 5.75 Å². The normalized spacial score (nSPS) is 10.5. The summed E-state index contributed by atoms with van der Waals surface area (Å²) in [5.41, 5.74) is 0.881. The Hall–Kier alpha value is -4.67. The lowest BCUT2D eigenvalue weighted by Crippen LogP contribution is -2.13. The Morgan fingerprint density at radius 1 is 0.917 bits per heavy atom. The quantitative estimate of drug-likeness (QED) is 0.313. The Morgan fingerprint density at radius 2 is 1.67 bits per heavy atom. The lowest BCUT2D eigenvalue weighted by Gasteiger charge is -2.17. The number of carbonyl (C=O) groups excluding carboxylic acids is 1. The minimum atomic E-state index is -0.349. The highest BCUT2D eigenvalue weighted by molar-refractivity contribution is 6.05. The van der Waals surface area contributed by atoms with Crippen LogP contribution in [0.4, 0.5) is 5.69 Å². The third-order valence-electron chi connectivity index (χ3n) is 4.68. The number of carbonyl (C=O) groups is 1. The summed E-state index contributed by atoms with van der Waals surface area (Å²) in [6.07, 6.45) is 2.72. The molecular weight excluding hydrogens is 466 g/mol. The van der Waals surface area contributed by atoms with Crippen LogP contribution < -0.4 is 24.3 Å². The summed E-state index contributed by atoms with van der Waals surface area (Å²) in [6.45, 7) is 6.84. The van der Waals surface area contributed by atoms with Gasteiger partial charge in [-0.2, -0.15) is 9.97 Å². The van der Waals surface area contributed by atoms with E-state index < -0.39 is 0 Å². The average Bonchev–Trinajstić information content (AvgIpc) is 3.42. The second-order valence-electron chi connectivity index (χ2n) is 7.16. The largest absolute Gasteiger partial charge is 0.490 e. The maximum atomic E-state index is 13.1. The van der Waals surface area contributed by atoms with Crippen LogP contribution in [-0.2, 0) is 0 Å². The first-order chi connectivity index (χ1) is 17.6. The first kappa shape index (κ1) is 24.5. The third kappa shape index (κ3) is 5.87. The van der Waals surface area contributed by atoms with Crippen molar-refractivity contribution in [2.24, 2.45) is 0 Å². The molecule has 186 valence electrons. The molecule has 0 atom stereocenters. The highest BCUT2D eigenvalue weighted by Crippen LogP contribution is 2.39. The summed E-state index contributed by atoms with van der Waals surface area (Å²) < 4.78 is 27.7. The van der Waals surface area contributed by atoms with Crippen molar-refractivity contribution in [2.75, 3.05) is 25.1 Å². The summed E-state index contributed by atoms with van der Waals surface area (Å²) in [5.74, 6) is 2.25. The minimum Gasteiger partial charge on any atom is -0.490 e. The Labute approximate surface area is 207 Å². The predicted molar refractivity (Wildman–Crippen MR) is 130 cm³/mol. The van der Waals surface area contributed by atoms with Crippen molar-refractivity contribution < 1.29 is 28.3 Å². The molecule has 36 heavy (non-hydrogen) atoms. The van der Waals surface area contributed by atoms with Gasteiger partial charge in [0, 0.05) is 29.6 Å². The predicted octanol–water partition coefficient (Wildman–Crippen LogP) is 4.77. The average molecular weight is 492 g/mol. The molecule has 0 aliphatic carbocycles. The zero-order valence-corrected chi connectivity index (χ0v) is 20.1. The molecule has 0 radical (unpaired) electrons. The fraction of sp³-hybridized carbons (Fsp3) is 0.240. The van der Waals surface area contributed by atoms with Crippen molar-refractivity contribution in [3.05, 3.63) is 60.6 Å². The van der Waals surface area contributed by atoms with Gasteiger partial charge in [0.25, 0.3) is 5.91 Å². The molecule has 1 amide bonds. The first-order valence-electron chi connectivity index (χ1n) is 11.4. The molecule has 2 aromatic heterocycles. The van der Waals surface area contributed by atoms with Crippen LogP contribution in [0.2, 0.25) is 0 Å². The number of anilines is 1. The second-order valence-corrected chi connectivity index (χ2v) is 7.16. The molecule has 0 saturated heterocycles. The van der Waals surface area contributed by atoms with Crippen molar-refractivity contribution in [1.29, 1.82) is 0 Å². The number of hydrogen-bond donors (Lipinski definition) is 1. The van der Waals surface area contributed by atoms with E-state index in [2.05, 4.69) is 25.4 Å². The molecule has 0 spiro atoms. The summed E-state index contributed by atoms with van der Waals surface area (Å²) >= 11 is 0. The molecule has 1 N–H and O–H groups in total. The monoisotopic (exact) mass is 491 g/mol. The SMILES string of the molecule is CCOc1cc(C(=O)Nc2cccc(Oc3ccnc(-c4ncon4)n3)c2)cc(OCC)c1OCC. The number of ether oxygens (including phenoxy) is 4. The maximum Gasteiger partial charge on any atom is 0.255 e. The van der Waals surface area contributed by atoms with E-state index in [1.165, 1.54) is 12.6 Å². The van der Waals surface area contributed by atoms with E-state index in [4.69, 9.17) is 23.5 Å². The molecule has 4 rings (SSSR count). The molecule has 0 bridgehead atoms. The van der Waals surface area contributed by atoms with Gasteiger partial charge < -0.3 is 28.8 Å². The van der Waals surface area contributed by atoms with Gasteiger partial charge in [-0.15, -0.1) is 0 Å². The molecule has 4 aromatic rings. The van der Waals surface area contributed by atoms with Gasteiger partial charge in [-0.25, -0.2) is 4.98 Å². The van der Waals surface area contributed by atoms with Crippen molar-refractivity contribution in [2.45, 2.75) is 20.8 Å². The van der Waals surface area contributed by atoms with Gasteiger partial charge in [0.2, 0.25) is 29.7 Å². The number of rotatable bonds is 11. The van der Waals surface area contributed by atoms with Crippen molar-refractivity contribution >= 4 is 11.6 Å². The summed E-state index contributed by atoms with van der Waals surface area (Å²) in [5, 5.41) is 6.59. The number of nitrogens with one attached hydrogen (secondary N) is 1. The molecule has 11 nitrogen and oxygen atoms in total. The Bertz CT molecular complexity index is 1290. The summed E-state index contributed by atoms with van der Waals surface area (Å²) in [4.78, 5) is 25.4. The number of nitrogens with zero attached hydrogens (tertiary/aromatic N) is 4. The smallest absolute Gasteiger partial charge is 0.255 e. The van der Waals surface area contributed by atoms with Crippen LogP contribution in [0.25, 0.3) is 11.6 Å².